The van der Waals surface area contributed by atoms with Crippen LogP contribution >= 0.6 is 11.3 Å². The third-order valence-electron chi connectivity index (χ3n) is 2.23. The maximum atomic E-state index is 11.7. The Balaban J connectivity index is 2.57. The lowest BCUT2D eigenvalue weighted by Crippen LogP contribution is -2.21. The maximum absolute atomic E-state index is 11.7. The van der Waals surface area contributed by atoms with Crippen molar-refractivity contribution < 1.29 is 4.79 Å². The van der Waals surface area contributed by atoms with Crippen LogP contribution in [0.15, 0.2) is 0 Å². The van der Waals surface area contributed by atoms with Crippen LogP contribution in [0.2, 0.25) is 0 Å². The third kappa shape index (κ3) is 3.24. The Labute approximate surface area is 93.1 Å². The van der Waals surface area contributed by atoms with Crippen molar-refractivity contribution in [3.05, 3.63) is 5.01 Å². The fourth-order valence-corrected chi connectivity index (χ4v) is 1.87. The maximum Gasteiger partial charge on any atom is 0.229 e. The number of hydrogen-bond acceptors (Lipinski definition) is 5. The molecule has 1 aromatic heterocycles. The van der Waals surface area contributed by atoms with Gasteiger partial charge in [0.1, 0.15) is 5.01 Å². The van der Waals surface area contributed by atoms with Gasteiger partial charge >= 0.3 is 0 Å². The van der Waals surface area contributed by atoms with Crippen molar-refractivity contribution in [3.8, 4) is 0 Å². The van der Waals surface area contributed by atoms with Crippen molar-refractivity contribution >= 4 is 22.4 Å². The molecule has 0 saturated carbocycles. The van der Waals surface area contributed by atoms with Crippen LogP contribution in [0.4, 0.5) is 5.13 Å². The number of nitrogens with one attached hydrogen (secondary N) is 1. The molecule has 0 unspecified atom stereocenters. The Morgan fingerprint density at radius 2 is 2.13 bits per heavy atom. The van der Waals surface area contributed by atoms with E-state index in [0.717, 1.165) is 17.8 Å². The molecule has 5 nitrogen and oxygen atoms in total. The average molecular weight is 228 g/mol. The molecule has 0 aliphatic rings. The van der Waals surface area contributed by atoms with Gasteiger partial charge in [-0.25, -0.2) is 0 Å². The quantitative estimate of drug-likeness (QED) is 0.797. The highest BCUT2D eigenvalue weighted by molar-refractivity contribution is 7.15. The number of carbonyl (C=O) groups is 1. The summed E-state index contributed by atoms with van der Waals surface area (Å²) in [5.74, 6) is 0.0648. The van der Waals surface area contributed by atoms with Crippen LogP contribution in [0.3, 0.4) is 0 Å². The highest BCUT2D eigenvalue weighted by Gasteiger charge is 2.15. The summed E-state index contributed by atoms with van der Waals surface area (Å²) < 4.78 is 0. The van der Waals surface area contributed by atoms with Crippen LogP contribution in [0.5, 0.6) is 0 Å². The van der Waals surface area contributed by atoms with E-state index < -0.39 is 0 Å². The number of nitrogens with two attached hydrogens (primary N) is 1. The Morgan fingerprint density at radius 3 is 2.60 bits per heavy atom. The Morgan fingerprint density at radius 1 is 1.47 bits per heavy atom. The molecule has 1 rings (SSSR count). The molecular weight excluding hydrogens is 212 g/mol. The van der Waals surface area contributed by atoms with Gasteiger partial charge in [0.25, 0.3) is 0 Å². The largest absolute Gasteiger partial charge is 0.324 e. The van der Waals surface area contributed by atoms with Crippen molar-refractivity contribution in [1.29, 1.82) is 0 Å². The molecular formula is C9H16N4OS. The van der Waals surface area contributed by atoms with E-state index in [-0.39, 0.29) is 11.8 Å². The summed E-state index contributed by atoms with van der Waals surface area (Å²) >= 11 is 1.32. The molecule has 84 valence electrons. The second kappa shape index (κ2) is 5.77. The fourth-order valence-electron chi connectivity index (χ4n) is 1.25. The molecule has 0 bridgehead atoms. The first-order valence-electron chi connectivity index (χ1n) is 5.04. The van der Waals surface area contributed by atoms with Crippen LogP contribution < -0.4 is 11.1 Å². The Kier molecular flexibility index (Phi) is 4.64. The minimum Gasteiger partial charge on any atom is -0.324 e. The normalized spacial score (nSPS) is 10.7. The number of aromatic nitrogens is 2. The van der Waals surface area contributed by atoms with Gasteiger partial charge < -0.3 is 11.1 Å². The first kappa shape index (κ1) is 12.1. The molecule has 1 heterocycles. The predicted octanol–water partition coefficient (Wildman–Crippen LogP) is 1.37. The van der Waals surface area contributed by atoms with E-state index in [1.54, 1.807) is 0 Å². The van der Waals surface area contributed by atoms with Crippen molar-refractivity contribution in [2.45, 2.75) is 33.2 Å². The van der Waals surface area contributed by atoms with Gasteiger partial charge in [-0.1, -0.05) is 25.2 Å². The zero-order valence-corrected chi connectivity index (χ0v) is 9.80. The lowest BCUT2D eigenvalue weighted by Gasteiger charge is -2.09. The number of carbonyl (C=O) groups excluding carboxylic acids is 1. The zero-order valence-electron chi connectivity index (χ0n) is 8.99. The molecule has 3 N–H and O–H groups in total. The highest BCUT2D eigenvalue weighted by atomic mass is 32.1. The van der Waals surface area contributed by atoms with Crippen molar-refractivity contribution in [2.24, 2.45) is 11.7 Å². The number of amides is 1. The van der Waals surface area contributed by atoms with Crippen LogP contribution in [0.25, 0.3) is 0 Å². The topological polar surface area (TPSA) is 80.9 Å². The molecule has 0 atom stereocenters. The van der Waals surface area contributed by atoms with Crippen LogP contribution in [-0.4, -0.2) is 16.1 Å². The van der Waals surface area contributed by atoms with Gasteiger partial charge in [0.15, 0.2) is 0 Å². The molecule has 0 fully saturated rings. The standard InChI is InChI=1S/C9H16N4OS/c1-3-6(4-2)8(14)11-9-13-12-7(5-10)15-9/h6H,3-5,10H2,1-2H3,(H,11,13,14). The minimum absolute atomic E-state index is 0.0136. The van der Waals surface area contributed by atoms with Gasteiger partial charge in [-0.15, -0.1) is 10.2 Å². The van der Waals surface area contributed by atoms with Gasteiger partial charge in [0.2, 0.25) is 11.0 Å². The molecule has 0 aromatic carbocycles. The van der Waals surface area contributed by atoms with E-state index in [9.17, 15) is 4.79 Å². The SMILES string of the molecule is CCC(CC)C(=O)Nc1nnc(CN)s1. The molecule has 0 spiro atoms. The fraction of sp³-hybridized carbons (Fsp3) is 0.667. The molecule has 6 heteroatoms. The van der Waals surface area contributed by atoms with Crippen LogP contribution in [0.1, 0.15) is 31.7 Å². The van der Waals surface area contributed by atoms with Crippen molar-refractivity contribution in [3.63, 3.8) is 0 Å². The average Bonchev–Trinajstić information content (AvgIpc) is 2.67. The summed E-state index contributed by atoms with van der Waals surface area (Å²) in [6.45, 7) is 4.36. The minimum atomic E-state index is 0.0136. The molecule has 1 amide bonds. The second-order valence-corrected chi connectivity index (χ2v) is 4.27. The molecule has 0 aliphatic carbocycles. The van der Waals surface area contributed by atoms with E-state index >= 15 is 0 Å². The summed E-state index contributed by atoms with van der Waals surface area (Å²) in [5, 5.41) is 11.7. The van der Waals surface area contributed by atoms with E-state index in [4.69, 9.17) is 5.73 Å². The Bertz CT molecular complexity index is 322. The smallest absolute Gasteiger partial charge is 0.229 e. The van der Waals surface area contributed by atoms with Gasteiger partial charge in [0, 0.05) is 12.5 Å². The summed E-state index contributed by atoms with van der Waals surface area (Å²) in [7, 11) is 0. The first-order chi connectivity index (χ1) is 7.21. The summed E-state index contributed by atoms with van der Waals surface area (Å²) in [4.78, 5) is 11.7. The Hall–Kier alpha value is -1.01. The molecule has 0 saturated heterocycles. The van der Waals surface area contributed by atoms with Crippen molar-refractivity contribution in [1.82, 2.24) is 10.2 Å². The van der Waals surface area contributed by atoms with Gasteiger partial charge in [0.05, 0.1) is 0 Å². The van der Waals surface area contributed by atoms with Crippen molar-refractivity contribution in [2.75, 3.05) is 5.32 Å². The van der Waals surface area contributed by atoms with Crippen LogP contribution in [0, 0.1) is 5.92 Å². The molecule has 15 heavy (non-hydrogen) atoms. The molecule has 1 aromatic rings. The lowest BCUT2D eigenvalue weighted by molar-refractivity contribution is -0.120. The number of hydrogen-bond donors (Lipinski definition) is 2. The summed E-state index contributed by atoms with van der Waals surface area (Å²) in [6.07, 6.45) is 1.68. The lowest BCUT2D eigenvalue weighted by atomic mass is 10.0. The third-order valence-corrected chi connectivity index (χ3v) is 3.09. The second-order valence-electron chi connectivity index (χ2n) is 3.21. The zero-order chi connectivity index (χ0) is 11.3. The number of rotatable bonds is 5. The van der Waals surface area contributed by atoms with Crippen LogP contribution in [-0.2, 0) is 11.3 Å². The van der Waals surface area contributed by atoms with Gasteiger partial charge in [-0.05, 0) is 12.8 Å². The van der Waals surface area contributed by atoms with Gasteiger partial charge in [-0.2, -0.15) is 0 Å². The summed E-state index contributed by atoms with van der Waals surface area (Å²) in [6, 6.07) is 0. The monoisotopic (exact) mass is 228 g/mol. The molecule has 0 aliphatic heterocycles. The predicted molar refractivity (Wildman–Crippen MR) is 60.5 cm³/mol. The van der Waals surface area contributed by atoms with Gasteiger partial charge in [-0.3, -0.25) is 4.79 Å². The summed E-state index contributed by atoms with van der Waals surface area (Å²) in [5.41, 5.74) is 5.40. The van der Waals surface area contributed by atoms with E-state index in [1.807, 2.05) is 13.8 Å². The van der Waals surface area contributed by atoms with E-state index in [1.165, 1.54) is 11.3 Å². The molecule has 0 radical (unpaired) electrons. The van der Waals surface area contributed by atoms with E-state index in [0.29, 0.717) is 11.7 Å². The number of nitrogens with zero attached hydrogens (tertiary/aromatic N) is 2. The number of anilines is 1. The van der Waals surface area contributed by atoms with E-state index in [2.05, 4.69) is 15.5 Å². The highest BCUT2D eigenvalue weighted by Crippen LogP contribution is 2.17. The first-order valence-corrected chi connectivity index (χ1v) is 5.86.